The van der Waals surface area contributed by atoms with Gasteiger partial charge in [-0.1, -0.05) is 54.6 Å². The molecule has 1 fully saturated rings. The number of fused-ring (bicyclic) bond motifs is 1. The lowest BCUT2D eigenvalue weighted by Crippen LogP contribution is -2.55. The molecule has 0 saturated carbocycles. The van der Waals surface area contributed by atoms with Crippen LogP contribution in [-0.2, 0) is 6.18 Å². The van der Waals surface area contributed by atoms with Gasteiger partial charge in [0, 0.05) is 47.7 Å². The van der Waals surface area contributed by atoms with Crippen molar-refractivity contribution in [2.75, 3.05) is 29.9 Å². The number of nitrogens with one attached hydrogen (secondary N) is 1. The van der Waals surface area contributed by atoms with Crippen molar-refractivity contribution in [3.63, 3.8) is 0 Å². The van der Waals surface area contributed by atoms with Crippen LogP contribution in [-0.4, -0.2) is 46.8 Å². The van der Waals surface area contributed by atoms with Crippen molar-refractivity contribution < 1.29 is 18.0 Å². The smallest absolute Gasteiger partial charge is 0.351 e. The second-order valence-electron chi connectivity index (χ2n) is 8.78. The highest BCUT2D eigenvalue weighted by atomic mass is 19.4. The van der Waals surface area contributed by atoms with Crippen LogP contribution in [0.1, 0.15) is 12.5 Å². The molecule has 0 radical (unpaired) electrons. The van der Waals surface area contributed by atoms with Crippen LogP contribution in [0.2, 0.25) is 0 Å². The number of alkyl halides is 3. The van der Waals surface area contributed by atoms with Gasteiger partial charge >= 0.3 is 12.2 Å². The minimum atomic E-state index is -4.42. The first kappa shape index (κ1) is 23.6. The van der Waals surface area contributed by atoms with E-state index in [0.29, 0.717) is 25.3 Å². The minimum Gasteiger partial charge on any atom is -0.351 e. The maximum Gasteiger partial charge on any atom is 0.416 e. The van der Waals surface area contributed by atoms with Crippen molar-refractivity contribution in [1.82, 2.24) is 15.1 Å². The molecule has 1 N–H and O–H groups in total. The summed E-state index contributed by atoms with van der Waals surface area (Å²) in [5.41, 5.74) is 1.37. The van der Waals surface area contributed by atoms with Crippen LogP contribution in [0.4, 0.5) is 29.5 Å². The van der Waals surface area contributed by atoms with Gasteiger partial charge in [-0.2, -0.15) is 13.2 Å². The Bertz CT molecular complexity index is 1380. The van der Waals surface area contributed by atoms with Crippen LogP contribution < -0.4 is 10.2 Å². The Morgan fingerprint density at radius 1 is 0.889 bits per heavy atom. The van der Waals surface area contributed by atoms with E-state index < -0.39 is 11.7 Å². The van der Waals surface area contributed by atoms with Crippen LogP contribution in [0.5, 0.6) is 0 Å². The van der Waals surface area contributed by atoms with Crippen molar-refractivity contribution in [1.29, 1.82) is 0 Å². The van der Waals surface area contributed by atoms with Crippen LogP contribution >= 0.6 is 0 Å². The summed E-state index contributed by atoms with van der Waals surface area (Å²) in [6, 6.07) is 21.9. The van der Waals surface area contributed by atoms with E-state index in [4.69, 9.17) is 0 Å². The van der Waals surface area contributed by atoms with E-state index in [2.05, 4.69) is 20.4 Å². The molecule has 0 unspecified atom stereocenters. The van der Waals surface area contributed by atoms with Crippen molar-refractivity contribution in [2.24, 2.45) is 0 Å². The number of piperazine rings is 1. The van der Waals surface area contributed by atoms with Crippen LogP contribution in [0.3, 0.4) is 0 Å². The van der Waals surface area contributed by atoms with Crippen LogP contribution in [0, 0.1) is 0 Å². The lowest BCUT2D eigenvalue weighted by atomic mass is 10.0. The molecule has 9 heteroatoms. The molecule has 1 atom stereocenters. The summed E-state index contributed by atoms with van der Waals surface area (Å²) < 4.78 is 38.4. The predicted molar refractivity (Wildman–Crippen MR) is 134 cm³/mol. The molecular formula is C27H24F3N5O. The zero-order chi connectivity index (χ0) is 25.3. The standard InChI is InChI=1S/C27H24F3N5O/c1-18-17-34(15-16-35(18)26(36)31-21-13-11-20(12-14-21)27(28,29)30)25-23-10-6-5-9-22(23)24(32-33-25)19-7-3-2-4-8-19/h2-14,18H,15-17H2,1H3,(H,31,36)/t18-/m0/s1. The summed E-state index contributed by atoms with van der Waals surface area (Å²) in [6.07, 6.45) is -4.42. The molecule has 36 heavy (non-hydrogen) atoms. The Labute approximate surface area is 206 Å². The zero-order valence-corrected chi connectivity index (χ0v) is 19.5. The fourth-order valence-corrected chi connectivity index (χ4v) is 4.52. The molecule has 0 spiro atoms. The monoisotopic (exact) mass is 491 g/mol. The molecule has 1 saturated heterocycles. The van der Waals surface area contributed by atoms with Crippen molar-refractivity contribution in [2.45, 2.75) is 19.1 Å². The summed E-state index contributed by atoms with van der Waals surface area (Å²) in [7, 11) is 0. The number of benzene rings is 3. The lowest BCUT2D eigenvalue weighted by Gasteiger charge is -2.40. The highest BCUT2D eigenvalue weighted by Crippen LogP contribution is 2.33. The highest BCUT2D eigenvalue weighted by molar-refractivity contribution is 6.00. The summed E-state index contributed by atoms with van der Waals surface area (Å²) in [6.45, 7) is 3.47. The van der Waals surface area contributed by atoms with E-state index in [9.17, 15) is 18.0 Å². The predicted octanol–water partition coefficient (Wildman–Crippen LogP) is 6.06. The topological polar surface area (TPSA) is 61.4 Å². The molecule has 2 amide bonds. The quantitative estimate of drug-likeness (QED) is 0.379. The SMILES string of the molecule is C[C@H]1CN(c2nnc(-c3ccccc3)c3ccccc23)CCN1C(=O)Nc1ccc(C(F)(F)F)cc1. The first-order valence-electron chi connectivity index (χ1n) is 11.6. The Morgan fingerprint density at radius 2 is 1.56 bits per heavy atom. The van der Waals surface area contributed by atoms with Gasteiger partial charge in [-0.05, 0) is 31.2 Å². The van der Waals surface area contributed by atoms with Crippen molar-refractivity contribution in [3.8, 4) is 11.3 Å². The molecule has 0 bridgehead atoms. The number of hydrogen-bond donors (Lipinski definition) is 1. The van der Waals surface area contributed by atoms with E-state index in [0.717, 1.165) is 40.0 Å². The largest absolute Gasteiger partial charge is 0.416 e. The van der Waals surface area contributed by atoms with Gasteiger partial charge in [0.05, 0.1) is 5.56 Å². The molecule has 1 aliphatic heterocycles. The van der Waals surface area contributed by atoms with Gasteiger partial charge in [-0.3, -0.25) is 0 Å². The second kappa shape index (κ2) is 9.49. The third kappa shape index (κ3) is 4.68. The number of amides is 2. The van der Waals surface area contributed by atoms with Gasteiger partial charge in [0.2, 0.25) is 0 Å². The average Bonchev–Trinajstić information content (AvgIpc) is 2.88. The van der Waals surface area contributed by atoms with E-state index >= 15 is 0 Å². The summed E-state index contributed by atoms with van der Waals surface area (Å²) in [5, 5.41) is 13.8. The fraction of sp³-hybridized carbons (Fsp3) is 0.222. The maximum absolute atomic E-state index is 12.9. The molecule has 6 nitrogen and oxygen atoms in total. The van der Waals surface area contributed by atoms with Gasteiger partial charge in [-0.15, -0.1) is 10.2 Å². The number of anilines is 2. The molecule has 184 valence electrons. The number of carbonyl (C=O) groups excluding carboxylic acids is 1. The third-order valence-corrected chi connectivity index (χ3v) is 6.37. The number of carbonyl (C=O) groups is 1. The highest BCUT2D eigenvalue weighted by Gasteiger charge is 2.31. The number of nitrogens with zero attached hydrogens (tertiary/aromatic N) is 4. The number of hydrogen-bond acceptors (Lipinski definition) is 4. The van der Waals surface area contributed by atoms with Crippen LogP contribution in [0.15, 0.2) is 78.9 Å². The van der Waals surface area contributed by atoms with E-state index in [1.165, 1.54) is 12.1 Å². The Balaban J connectivity index is 1.32. The molecule has 2 heterocycles. The first-order chi connectivity index (χ1) is 17.3. The molecular weight excluding hydrogens is 467 g/mol. The number of rotatable bonds is 3. The van der Waals surface area contributed by atoms with Crippen LogP contribution in [0.25, 0.3) is 22.0 Å². The van der Waals surface area contributed by atoms with Crippen molar-refractivity contribution >= 4 is 28.3 Å². The summed E-state index contributed by atoms with van der Waals surface area (Å²) in [4.78, 5) is 16.7. The van der Waals surface area contributed by atoms with Crippen molar-refractivity contribution in [3.05, 3.63) is 84.4 Å². The Hall–Kier alpha value is -4.14. The first-order valence-corrected chi connectivity index (χ1v) is 11.6. The normalized spacial score (nSPS) is 16.3. The maximum atomic E-state index is 12.9. The lowest BCUT2D eigenvalue weighted by molar-refractivity contribution is -0.137. The Kier molecular flexibility index (Phi) is 6.22. The van der Waals surface area contributed by atoms with E-state index in [-0.39, 0.29) is 12.1 Å². The molecule has 1 aliphatic rings. The molecule has 1 aromatic heterocycles. The zero-order valence-electron chi connectivity index (χ0n) is 19.5. The fourth-order valence-electron chi connectivity index (χ4n) is 4.52. The third-order valence-electron chi connectivity index (χ3n) is 6.37. The van der Waals surface area contributed by atoms with E-state index in [1.54, 1.807) is 4.90 Å². The molecule has 5 rings (SSSR count). The molecule has 4 aromatic rings. The second-order valence-corrected chi connectivity index (χ2v) is 8.78. The molecule has 3 aromatic carbocycles. The summed E-state index contributed by atoms with van der Waals surface area (Å²) >= 11 is 0. The van der Waals surface area contributed by atoms with E-state index in [1.807, 2.05) is 61.5 Å². The summed E-state index contributed by atoms with van der Waals surface area (Å²) in [5.74, 6) is 0.764. The molecule has 0 aliphatic carbocycles. The average molecular weight is 492 g/mol. The number of aromatic nitrogens is 2. The van der Waals surface area contributed by atoms with Gasteiger partial charge in [0.1, 0.15) is 5.69 Å². The number of urea groups is 1. The van der Waals surface area contributed by atoms with Gasteiger partial charge in [0.25, 0.3) is 0 Å². The minimum absolute atomic E-state index is 0.150. The van der Waals surface area contributed by atoms with Gasteiger partial charge < -0.3 is 15.1 Å². The van der Waals surface area contributed by atoms with Gasteiger partial charge in [-0.25, -0.2) is 4.79 Å². The Morgan fingerprint density at radius 3 is 2.22 bits per heavy atom. The number of halogens is 3. The van der Waals surface area contributed by atoms with Gasteiger partial charge in [0.15, 0.2) is 5.82 Å².